The predicted octanol–water partition coefficient (Wildman–Crippen LogP) is 3.83. The molecule has 3 aromatic rings. The average molecular weight is 410 g/mol. The van der Waals surface area contributed by atoms with E-state index in [1.54, 1.807) is 12.4 Å². The zero-order valence-corrected chi connectivity index (χ0v) is 13.9. The van der Waals surface area contributed by atoms with E-state index in [0.717, 1.165) is 14.5 Å². The van der Waals surface area contributed by atoms with Gasteiger partial charge in [0.1, 0.15) is 0 Å². The lowest BCUT2D eigenvalue weighted by molar-refractivity contribution is 0.424. The summed E-state index contributed by atoms with van der Waals surface area (Å²) < 4.78 is 6.98. The number of aromatic nitrogens is 3. The van der Waals surface area contributed by atoms with Crippen molar-refractivity contribution in [3.05, 3.63) is 57.0 Å². The highest BCUT2D eigenvalue weighted by molar-refractivity contribution is 9.11. The molecule has 5 nitrogen and oxygen atoms in total. The predicted molar refractivity (Wildman–Crippen MR) is 86.6 cm³/mol. The summed E-state index contributed by atoms with van der Waals surface area (Å²) in [4.78, 5) is 8.38. The third-order valence-electron chi connectivity index (χ3n) is 2.90. The number of hydrogen-bond donors (Lipinski definition) is 1. The number of nitrogens with zero attached hydrogens (tertiary/aromatic N) is 3. The Balaban J connectivity index is 1.92. The zero-order chi connectivity index (χ0) is 14.8. The summed E-state index contributed by atoms with van der Waals surface area (Å²) in [5, 5.41) is 4.00. The van der Waals surface area contributed by atoms with E-state index >= 15 is 0 Å². The average Bonchev–Trinajstić information content (AvgIpc) is 2.92. The first-order valence-electron chi connectivity index (χ1n) is 6.10. The van der Waals surface area contributed by atoms with Crippen molar-refractivity contribution >= 4 is 37.5 Å². The van der Waals surface area contributed by atoms with Gasteiger partial charge in [-0.3, -0.25) is 4.98 Å². The van der Waals surface area contributed by atoms with Crippen LogP contribution in [0.15, 0.2) is 50.1 Å². The molecule has 2 aromatic heterocycles. The third-order valence-corrected chi connectivity index (χ3v) is 4.02. The summed E-state index contributed by atoms with van der Waals surface area (Å²) in [6.07, 6.45) is 4.06. The van der Waals surface area contributed by atoms with E-state index in [0.29, 0.717) is 29.4 Å². The van der Waals surface area contributed by atoms with Crippen LogP contribution in [0.5, 0.6) is 0 Å². The second-order valence-corrected chi connectivity index (χ2v) is 6.17. The number of halogens is 2. The molecule has 0 atom stereocenters. The van der Waals surface area contributed by atoms with Gasteiger partial charge in [0.25, 0.3) is 5.89 Å². The molecule has 0 radical (unpaired) electrons. The minimum atomic E-state index is 0.401. The van der Waals surface area contributed by atoms with Crippen LogP contribution in [-0.2, 0) is 6.42 Å². The third kappa shape index (κ3) is 3.14. The Morgan fingerprint density at radius 3 is 2.67 bits per heavy atom. The van der Waals surface area contributed by atoms with Crippen molar-refractivity contribution in [1.29, 1.82) is 0 Å². The molecular weight excluding hydrogens is 400 g/mol. The maximum Gasteiger partial charge on any atom is 0.260 e. The Hall–Kier alpha value is -1.73. The van der Waals surface area contributed by atoms with Crippen molar-refractivity contribution in [3.8, 4) is 11.5 Å². The number of nitrogen functional groups attached to an aromatic ring is 1. The van der Waals surface area contributed by atoms with Gasteiger partial charge in [-0.1, -0.05) is 21.1 Å². The van der Waals surface area contributed by atoms with Crippen molar-refractivity contribution in [2.24, 2.45) is 0 Å². The first-order chi connectivity index (χ1) is 10.1. The monoisotopic (exact) mass is 408 g/mol. The molecule has 0 spiro atoms. The molecular formula is C14H10Br2N4O. The van der Waals surface area contributed by atoms with Crippen molar-refractivity contribution in [2.45, 2.75) is 6.42 Å². The molecule has 0 aliphatic carbocycles. The van der Waals surface area contributed by atoms with E-state index in [2.05, 4.69) is 47.0 Å². The highest BCUT2D eigenvalue weighted by Gasteiger charge is 2.15. The molecule has 3 rings (SSSR count). The lowest BCUT2D eigenvalue weighted by atomic mass is 10.2. The molecule has 1 aromatic carbocycles. The van der Waals surface area contributed by atoms with Crippen LogP contribution in [0.25, 0.3) is 11.5 Å². The second kappa shape index (κ2) is 5.95. The molecule has 0 fully saturated rings. The SMILES string of the molecule is Nc1c(Br)cc(Br)cc1-c1nc(Cc2ccncc2)no1. The maximum atomic E-state index is 6.04. The standard InChI is InChI=1S/C14H10Br2N4O/c15-9-6-10(13(17)11(16)7-9)14-19-12(20-21-14)5-8-1-3-18-4-2-8/h1-4,6-7H,5,17H2. The van der Waals surface area contributed by atoms with Crippen LogP contribution in [0.3, 0.4) is 0 Å². The number of pyridine rings is 1. The number of rotatable bonds is 3. The van der Waals surface area contributed by atoms with Gasteiger partial charge in [0, 0.05) is 27.8 Å². The van der Waals surface area contributed by atoms with Crippen LogP contribution < -0.4 is 5.73 Å². The fraction of sp³-hybridized carbons (Fsp3) is 0.0714. The van der Waals surface area contributed by atoms with Gasteiger partial charge >= 0.3 is 0 Å². The van der Waals surface area contributed by atoms with Gasteiger partial charge < -0.3 is 10.3 Å². The molecule has 0 saturated carbocycles. The molecule has 0 aliphatic rings. The molecule has 106 valence electrons. The van der Waals surface area contributed by atoms with Gasteiger partial charge in [-0.05, 0) is 45.8 Å². The van der Waals surface area contributed by atoms with Gasteiger partial charge in [0.2, 0.25) is 0 Å². The van der Waals surface area contributed by atoms with E-state index in [4.69, 9.17) is 10.3 Å². The van der Waals surface area contributed by atoms with Gasteiger partial charge in [0.05, 0.1) is 11.3 Å². The van der Waals surface area contributed by atoms with Crippen molar-refractivity contribution in [3.63, 3.8) is 0 Å². The van der Waals surface area contributed by atoms with Crippen molar-refractivity contribution in [2.75, 3.05) is 5.73 Å². The van der Waals surface area contributed by atoms with Crippen LogP contribution in [0.1, 0.15) is 11.4 Å². The van der Waals surface area contributed by atoms with Crippen LogP contribution in [0.4, 0.5) is 5.69 Å². The fourth-order valence-corrected chi connectivity index (χ4v) is 3.11. The molecule has 0 amide bonds. The Morgan fingerprint density at radius 2 is 1.90 bits per heavy atom. The largest absolute Gasteiger partial charge is 0.397 e. The number of anilines is 1. The van der Waals surface area contributed by atoms with E-state index in [-0.39, 0.29) is 0 Å². The summed E-state index contributed by atoms with van der Waals surface area (Å²) in [5.41, 5.74) is 8.38. The highest BCUT2D eigenvalue weighted by Crippen LogP contribution is 2.34. The lowest BCUT2D eigenvalue weighted by Crippen LogP contribution is -1.93. The molecule has 0 saturated heterocycles. The van der Waals surface area contributed by atoms with Crippen molar-refractivity contribution < 1.29 is 4.52 Å². The maximum absolute atomic E-state index is 6.04. The summed E-state index contributed by atoms with van der Waals surface area (Å²) in [6.45, 7) is 0. The lowest BCUT2D eigenvalue weighted by Gasteiger charge is -2.04. The van der Waals surface area contributed by atoms with Gasteiger partial charge in [0.15, 0.2) is 5.82 Å². The van der Waals surface area contributed by atoms with Crippen LogP contribution in [0.2, 0.25) is 0 Å². The quantitative estimate of drug-likeness (QED) is 0.665. The number of hydrogen-bond acceptors (Lipinski definition) is 5. The highest BCUT2D eigenvalue weighted by atomic mass is 79.9. The minimum absolute atomic E-state index is 0.401. The topological polar surface area (TPSA) is 77.8 Å². The van der Waals surface area contributed by atoms with Crippen LogP contribution in [-0.4, -0.2) is 15.1 Å². The summed E-state index contributed by atoms with van der Waals surface area (Å²) in [6, 6.07) is 7.55. The summed E-state index contributed by atoms with van der Waals surface area (Å²) >= 11 is 6.83. The molecule has 0 unspecified atom stereocenters. The minimum Gasteiger partial charge on any atom is -0.397 e. The Morgan fingerprint density at radius 1 is 1.14 bits per heavy atom. The Bertz CT molecular complexity index is 774. The Kier molecular flexibility index (Phi) is 4.03. The van der Waals surface area contributed by atoms with Crippen molar-refractivity contribution in [1.82, 2.24) is 15.1 Å². The van der Waals surface area contributed by atoms with Gasteiger partial charge in [-0.2, -0.15) is 4.98 Å². The molecule has 7 heteroatoms. The zero-order valence-electron chi connectivity index (χ0n) is 10.8. The van der Waals surface area contributed by atoms with Crippen LogP contribution in [0, 0.1) is 0 Å². The molecule has 0 bridgehead atoms. The fourth-order valence-electron chi connectivity index (χ4n) is 1.88. The van der Waals surface area contributed by atoms with Gasteiger partial charge in [-0.25, -0.2) is 0 Å². The van der Waals surface area contributed by atoms with E-state index in [1.165, 1.54) is 0 Å². The summed E-state index contributed by atoms with van der Waals surface area (Å²) in [7, 11) is 0. The molecule has 2 heterocycles. The second-order valence-electron chi connectivity index (χ2n) is 4.40. The van der Waals surface area contributed by atoms with Gasteiger partial charge in [-0.15, -0.1) is 0 Å². The number of nitrogens with two attached hydrogens (primary N) is 1. The normalized spacial score (nSPS) is 10.8. The van der Waals surface area contributed by atoms with E-state index in [9.17, 15) is 0 Å². The number of benzene rings is 1. The molecule has 0 aliphatic heterocycles. The summed E-state index contributed by atoms with van der Waals surface area (Å²) in [5.74, 6) is 1.00. The van der Waals surface area contributed by atoms with E-state index in [1.807, 2.05) is 24.3 Å². The smallest absolute Gasteiger partial charge is 0.260 e. The first kappa shape index (κ1) is 14.2. The molecule has 21 heavy (non-hydrogen) atoms. The Labute approximate surface area is 137 Å². The van der Waals surface area contributed by atoms with Crippen LogP contribution >= 0.6 is 31.9 Å². The van der Waals surface area contributed by atoms with E-state index < -0.39 is 0 Å². The first-order valence-corrected chi connectivity index (χ1v) is 7.68. The molecule has 2 N–H and O–H groups in total.